The first-order valence-electron chi connectivity index (χ1n) is 9.49. The molecular weight excluding hydrogens is 376 g/mol. The summed E-state index contributed by atoms with van der Waals surface area (Å²) < 4.78 is 5.80. The molecule has 0 aliphatic rings. The van der Waals surface area contributed by atoms with Crippen molar-refractivity contribution in [3.8, 4) is 17.0 Å². The average molecular weight is 396 g/mol. The number of carbonyl (C=O) groups is 1. The van der Waals surface area contributed by atoms with Gasteiger partial charge in [-0.15, -0.1) is 0 Å². The number of hydrogen-bond donors (Lipinski definition) is 2. The summed E-state index contributed by atoms with van der Waals surface area (Å²) in [7, 11) is 0. The van der Waals surface area contributed by atoms with Gasteiger partial charge in [0.25, 0.3) is 5.91 Å². The molecular formula is C24H20N4O2. The maximum Gasteiger partial charge on any atom is 0.289 e. The van der Waals surface area contributed by atoms with Gasteiger partial charge in [0.05, 0.1) is 11.9 Å². The summed E-state index contributed by atoms with van der Waals surface area (Å²) in [4.78, 5) is 12.2. The van der Waals surface area contributed by atoms with Crippen molar-refractivity contribution in [2.75, 3.05) is 0 Å². The summed E-state index contributed by atoms with van der Waals surface area (Å²) in [5, 5.41) is 10.9. The molecule has 1 aromatic heterocycles. The third-order valence-corrected chi connectivity index (χ3v) is 4.40. The van der Waals surface area contributed by atoms with Gasteiger partial charge in [0.15, 0.2) is 0 Å². The Hall–Kier alpha value is -4.19. The van der Waals surface area contributed by atoms with Crippen LogP contribution in [0.5, 0.6) is 5.75 Å². The van der Waals surface area contributed by atoms with Crippen molar-refractivity contribution < 1.29 is 9.53 Å². The maximum atomic E-state index is 12.2. The molecule has 2 N–H and O–H groups in total. The highest BCUT2D eigenvalue weighted by Crippen LogP contribution is 2.22. The quantitative estimate of drug-likeness (QED) is 0.358. The number of hydrogen-bond acceptors (Lipinski definition) is 4. The number of carbonyl (C=O) groups excluding carboxylic acids is 1. The van der Waals surface area contributed by atoms with E-state index in [0.29, 0.717) is 18.0 Å². The summed E-state index contributed by atoms with van der Waals surface area (Å²) in [6.45, 7) is 0.510. The predicted molar refractivity (Wildman–Crippen MR) is 116 cm³/mol. The number of aromatic amines is 1. The standard InChI is InChI=1S/C24H20N4O2/c29-24(28-25-16-18-7-3-1-4-8-18)23-15-22(26-27-23)20-11-13-21(14-12-20)30-17-19-9-5-2-6-10-19/h1-16H,17H2,(H,26,27)(H,28,29). The van der Waals surface area contributed by atoms with Gasteiger partial charge in [0, 0.05) is 5.56 Å². The summed E-state index contributed by atoms with van der Waals surface area (Å²) in [5.74, 6) is 0.412. The average Bonchev–Trinajstić information content (AvgIpc) is 3.30. The molecule has 0 atom stereocenters. The van der Waals surface area contributed by atoms with E-state index in [1.807, 2.05) is 84.9 Å². The van der Waals surface area contributed by atoms with E-state index in [9.17, 15) is 4.79 Å². The van der Waals surface area contributed by atoms with Crippen LogP contribution in [0.2, 0.25) is 0 Å². The van der Waals surface area contributed by atoms with Gasteiger partial charge in [-0.05, 0) is 41.5 Å². The molecule has 0 aliphatic carbocycles. The van der Waals surface area contributed by atoms with Gasteiger partial charge in [-0.25, -0.2) is 5.43 Å². The third kappa shape index (κ3) is 4.99. The second kappa shape index (κ2) is 9.34. The maximum absolute atomic E-state index is 12.2. The van der Waals surface area contributed by atoms with Crippen LogP contribution in [0.3, 0.4) is 0 Å². The zero-order valence-corrected chi connectivity index (χ0v) is 16.2. The number of ether oxygens (including phenoxy) is 1. The smallest absolute Gasteiger partial charge is 0.289 e. The van der Waals surface area contributed by atoms with Crippen LogP contribution in [0, 0.1) is 0 Å². The van der Waals surface area contributed by atoms with Crippen LogP contribution in [0.15, 0.2) is 96.1 Å². The summed E-state index contributed by atoms with van der Waals surface area (Å²) in [6.07, 6.45) is 1.59. The van der Waals surface area contributed by atoms with Gasteiger partial charge in [-0.3, -0.25) is 9.89 Å². The van der Waals surface area contributed by atoms with Gasteiger partial charge < -0.3 is 4.74 Å². The van der Waals surface area contributed by atoms with Crippen molar-refractivity contribution in [2.45, 2.75) is 6.61 Å². The van der Waals surface area contributed by atoms with Crippen LogP contribution < -0.4 is 10.2 Å². The molecule has 1 heterocycles. The van der Waals surface area contributed by atoms with Gasteiger partial charge in [-0.1, -0.05) is 60.7 Å². The first-order chi connectivity index (χ1) is 14.8. The molecule has 30 heavy (non-hydrogen) atoms. The van der Waals surface area contributed by atoms with Gasteiger partial charge >= 0.3 is 0 Å². The second-order valence-corrected chi connectivity index (χ2v) is 6.58. The zero-order valence-electron chi connectivity index (χ0n) is 16.2. The lowest BCUT2D eigenvalue weighted by molar-refractivity contribution is 0.0950. The number of amides is 1. The molecule has 1 amide bonds. The third-order valence-electron chi connectivity index (χ3n) is 4.40. The van der Waals surface area contributed by atoms with Crippen molar-refractivity contribution in [2.24, 2.45) is 5.10 Å². The Morgan fingerprint density at radius 3 is 2.40 bits per heavy atom. The number of rotatable bonds is 7. The van der Waals surface area contributed by atoms with E-state index < -0.39 is 0 Å². The van der Waals surface area contributed by atoms with Gasteiger partial charge in [0.1, 0.15) is 18.1 Å². The Balaban J connectivity index is 1.35. The fourth-order valence-corrected chi connectivity index (χ4v) is 2.81. The minimum Gasteiger partial charge on any atom is -0.489 e. The van der Waals surface area contributed by atoms with Crippen molar-refractivity contribution in [3.63, 3.8) is 0 Å². The molecule has 0 saturated heterocycles. The predicted octanol–water partition coefficient (Wildman–Crippen LogP) is 4.42. The number of aromatic nitrogens is 2. The Morgan fingerprint density at radius 2 is 1.67 bits per heavy atom. The van der Waals surface area contributed by atoms with E-state index in [0.717, 1.165) is 22.4 Å². The van der Waals surface area contributed by atoms with Crippen LogP contribution in [0.4, 0.5) is 0 Å². The normalized spacial score (nSPS) is 10.8. The van der Waals surface area contributed by atoms with E-state index in [4.69, 9.17) is 4.74 Å². The Kier molecular flexibility index (Phi) is 5.96. The van der Waals surface area contributed by atoms with Gasteiger partial charge in [0.2, 0.25) is 0 Å². The number of hydrazone groups is 1. The molecule has 0 spiro atoms. The second-order valence-electron chi connectivity index (χ2n) is 6.58. The molecule has 6 heteroatoms. The van der Waals surface area contributed by atoms with Crippen LogP contribution in [0.1, 0.15) is 21.6 Å². The van der Waals surface area contributed by atoms with Gasteiger partial charge in [-0.2, -0.15) is 10.2 Å². The fraction of sp³-hybridized carbons (Fsp3) is 0.0417. The number of nitrogens with zero attached hydrogens (tertiary/aromatic N) is 2. The molecule has 0 saturated carbocycles. The first-order valence-corrected chi connectivity index (χ1v) is 9.49. The van der Waals surface area contributed by atoms with E-state index in [1.54, 1.807) is 12.3 Å². The summed E-state index contributed by atoms with van der Waals surface area (Å²) >= 11 is 0. The molecule has 6 nitrogen and oxygen atoms in total. The molecule has 0 unspecified atom stereocenters. The van der Waals surface area contributed by atoms with Crippen molar-refractivity contribution in [1.29, 1.82) is 0 Å². The summed E-state index contributed by atoms with van der Waals surface area (Å²) in [6, 6.07) is 28.8. The summed E-state index contributed by atoms with van der Waals surface area (Å²) in [5.41, 5.74) is 6.39. The number of nitrogens with one attached hydrogen (secondary N) is 2. The highest BCUT2D eigenvalue weighted by Gasteiger charge is 2.10. The SMILES string of the molecule is O=C(NN=Cc1ccccc1)c1cc(-c2ccc(OCc3ccccc3)cc2)n[nH]1. The van der Waals surface area contributed by atoms with Crippen LogP contribution >= 0.6 is 0 Å². The van der Waals surface area contributed by atoms with E-state index in [1.165, 1.54) is 0 Å². The minimum absolute atomic E-state index is 0.333. The Morgan fingerprint density at radius 1 is 0.967 bits per heavy atom. The molecule has 4 aromatic rings. The van der Waals surface area contributed by atoms with E-state index in [-0.39, 0.29) is 5.91 Å². The molecule has 0 bridgehead atoms. The highest BCUT2D eigenvalue weighted by molar-refractivity contribution is 5.94. The van der Waals surface area contributed by atoms with E-state index in [2.05, 4.69) is 20.7 Å². The Bertz CT molecular complexity index is 1120. The molecule has 0 fully saturated rings. The first kappa shape index (κ1) is 19.1. The monoisotopic (exact) mass is 396 g/mol. The Labute approximate surface area is 174 Å². The van der Waals surface area contributed by atoms with Crippen LogP contribution in [-0.4, -0.2) is 22.3 Å². The fourth-order valence-electron chi connectivity index (χ4n) is 2.81. The molecule has 4 rings (SSSR count). The molecule has 3 aromatic carbocycles. The lowest BCUT2D eigenvalue weighted by atomic mass is 10.1. The van der Waals surface area contributed by atoms with Crippen molar-refractivity contribution in [1.82, 2.24) is 15.6 Å². The number of benzene rings is 3. The number of H-pyrrole nitrogens is 1. The molecule has 148 valence electrons. The highest BCUT2D eigenvalue weighted by atomic mass is 16.5. The topological polar surface area (TPSA) is 79.4 Å². The van der Waals surface area contributed by atoms with Crippen molar-refractivity contribution >= 4 is 12.1 Å². The minimum atomic E-state index is -0.358. The van der Waals surface area contributed by atoms with E-state index >= 15 is 0 Å². The lowest BCUT2D eigenvalue weighted by Gasteiger charge is -2.06. The lowest BCUT2D eigenvalue weighted by Crippen LogP contribution is -2.17. The zero-order chi connectivity index (χ0) is 20.6. The largest absolute Gasteiger partial charge is 0.489 e. The molecule has 0 aliphatic heterocycles. The molecule has 0 radical (unpaired) electrons. The van der Waals surface area contributed by atoms with Crippen molar-refractivity contribution in [3.05, 3.63) is 108 Å². The van der Waals surface area contributed by atoms with Crippen LogP contribution in [-0.2, 0) is 6.61 Å². The van der Waals surface area contributed by atoms with Crippen LogP contribution in [0.25, 0.3) is 11.3 Å².